The highest BCUT2D eigenvalue weighted by Crippen LogP contribution is 2.31. The number of amides is 1. The third-order valence-electron chi connectivity index (χ3n) is 5.96. The number of piperidine rings is 1. The Morgan fingerprint density at radius 3 is 2.61 bits per heavy atom. The molecule has 1 amide bonds. The number of methoxy groups -OCH3 is 1. The molecule has 0 radical (unpaired) electrons. The lowest BCUT2D eigenvalue weighted by atomic mass is 9.92. The fourth-order valence-electron chi connectivity index (χ4n) is 4.16. The fraction of sp³-hybridized carbons (Fsp3) is 0.400. The summed E-state index contributed by atoms with van der Waals surface area (Å²) in [6, 6.07) is 14.2. The van der Waals surface area contributed by atoms with Crippen LogP contribution in [0.1, 0.15) is 66.1 Å². The first-order chi connectivity index (χ1) is 14.9. The second-order valence-electron chi connectivity index (χ2n) is 8.60. The van der Waals surface area contributed by atoms with Crippen LogP contribution < -0.4 is 4.74 Å². The van der Waals surface area contributed by atoms with E-state index in [2.05, 4.69) is 48.3 Å². The Hall–Kier alpha value is -3.15. The number of aromatic nitrogens is 3. The molecule has 162 valence electrons. The van der Waals surface area contributed by atoms with Gasteiger partial charge in [0.1, 0.15) is 11.4 Å². The summed E-state index contributed by atoms with van der Waals surface area (Å²) in [5.74, 6) is 1.38. The zero-order valence-electron chi connectivity index (χ0n) is 18.7. The molecule has 1 fully saturated rings. The smallest absolute Gasteiger partial charge is 0.274 e. The predicted molar refractivity (Wildman–Crippen MR) is 122 cm³/mol. The Morgan fingerprint density at radius 2 is 1.94 bits per heavy atom. The molecule has 1 atom stereocenters. The number of pyridine rings is 1. The van der Waals surface area contributed by atoms with Crippen LogP contribution in [0.15, 0.2) is 42.5 Å². The van der Waals surface area contributed by atoms with Gasteiger partial charge in [-0.15, -0.1) is 0 Å². The quantitative estimate of drug-likeness (QED) is 0.638. The highest BCUT2D eigenvalue weighted by molar-refractivity contribution is 5.92. The first-order valence-electron chi connectivity index (χ1n) is 10.9. The van der Waals surface area contributed by atoms with E-state index in [9.17, 15) is 4.79 Å². The number of likely N-dealkylation sites (tertiary alicyclic amines) is 1. The van der Waals surface area contributed by atoms with E-state index < -0.39 is 0 Å². The molecular formula is C25H30N4O2. The van der Waals surface area contributed by atoms with E-state index in [0.29, 0.717) is 18.2 Å². The summed E-state index contributed by atoms with van der Waals surface area (Å²) in [5, 5.41) is 7.24. The molecule has 2 aromatic heterocycles. The molecule has 0 saturated carbocycles. The van der Waals surface area contributed by atoms with Crippen molar-refractivity contribution in [3.05, 3.63) is 65.2 Å². The van der Waals surface area contributed by atoms with Crippen molar-refractivity contribution in [3.8, 4) is 16.9 Å². The molecule has 6 heteroatoms. The number of rotatable bonds is 5. The maximum Gasteiger partial charge on any atom is 0.274 e. The van der Waals surface area contributed by atoms with Crippen LogP contribution in [0.4, 0.5) is 0 Å². The van der Waals surface area contributed by atoms with Gasteiger partial charge in [-0.3, -0.25) is 14.9 Å². The molecule has 1 unspecified atom stereocenters. The van der Waals surface area contributed by atoms with Crippen molar-refractivity contribution in [2.75, 3.05) is 20.2 Å². The molecule has 1 saturated heterocycles. The maximum atomic E-state index is 13.0. The molecule has 4 rings (SSSR count). The summed E-state index contributed by atoms with van der Waals surface area (Å²) >= 11 is 0. The molecule has 1 N–H and O–H groups in total. The van der Waals surface area contributed by atoms with Gasteiger partial charge in [-0.25, -0.2) is 0 Å². The number of H-pyrrole nitrogens is 1. The minimum absolute atomic E-state index is 0.00381. The molecule has 1 aliphatic heterocycles. The summed E-state index contributed by atoms with van der Waals surface area (Å²) in [5.41, 5.74) is 5.80. The average molecular weight is 419 g/mol. The standard InChI is InChI=1S/C25H30N4O2/c1-16(2)22-14-24(28-27-22)25(30)29-11-5-6-19(15-29)23-13-20(12-17(3)26-23)18-7-9-21(31-4)10-8-18/h7-10,12-14,16,19H,5-6,11,15H2,1-4H3,(H,27,28). The van der Waals surface area contributed by atoms with Crippen molar-refractivity contribution in [3.63, 3.8) is 0 Å². The van der Waals surface area contributed by atoms with Crippen molar-refractivity contribution in [2.24, 2.45) is 0 Å². The number of nitrogens with zero attached hydrogens (tertiary/aromatic N) is 3. The van der Waals surface area contributed by atoms with Crippen LogP contribution in [-0.4, -0.2) is 46.2 Å². The van der Waals surface area contributed by atoms with Gasteiger partial charge < -0.3 is 9.64 Å². The molecule has 3 heterocycles. The zero-order chi connectivity index (χ0) is 22.0. The van der Waals surface area contributed by atoms with Crippen LogP contribution in [0.3, 0.4) is 0 Å². The number of hydrogen-bond donors (Lipinski definition) is 1. The Morgan fingerprint density at radius 1 is 1.16 bits per heavy atom. The van der Waals surface area contributed by atoms with Crippen LogP contribution in [0, 0.1) is 6.92 Å². The van der Waals surface area contributed by atoms with Crippen molar-refractivity contribution in [1.82, 2.24) is 20.1 Å². The van der Waals surface area contributed by atoms with Crippen molar-refractivity contribution in [2.45, 2.75) is 45.4 Å². The second kappa shape index (κ2) is 8.92. The third kappa shape index (κ3) is 4.63. The Labute approximate surface area is 183 Å². The highest BCUT2D eigenvalue weighted by atomic mass is 16.5. The van der Waals surface area contributed by atoms with E-state index in [-0.39, 0.29) is 11.8 Å². The van der Waals surface area contributed by atoms with Crippen molar-refractivity contribution >= 4 is 5.91 Å². The minimum Gasteiger partial charge on any atom is -0.497 e. The Balaban J connectivity index is 1.54. The third-order valence-corrected chi connectivity index (χ3v) is 5.96. The SMILES string of the molecule is COc1ccc(-c2cc(C)nc(C3CCCN(C(=O)c4cc(C(C)C)[nH]n4)C3)c2)cc1. The number of carbonyl (C=O) groups excluding carboxylic acids is 1. The van der Waals surface area contributed by atoms with Gasteiger partial charge in [-0.1, -0.05) is 26.0 Å². The number of hydrogen-bond acceptors (Lipinski definition) is 4. The van der Waals surface area contributed by atoms with Crippen LogP contribution in [-0.2, 0) is 0 Å². The van der Waals surface area contributed by atoms with Gasteiger partial charge >= 0.3 is 0 Å². The number of aromatic amines is 1. The van der Waals surface area contributed by atoms with Crippen LogP contribution in [0.2, 0.25) is 0 Å². The van der Waals surface area contributed by atoms with Gasteiger partial charge in [0.15, 0.2) is 0 Å². The summed E-state index contributed by atoms with van der Waals surface area (Å²) in [7, 11) is 1.67. The number of aryl methyl sites for hydroxylation is 1. The summed E-state index contributed by atoms with van der Waals surface area (Å²) in [6.07, 6.45) is 1.99. The number of carbonyl (C=O) groups is 1. The Kier molecular flexibility index (Phi) is 6.07. The van der Waals surface area contributed by atoms with E-state index in [0.717, 1.165) is 53.3 Å². The molecule has 0 bridgehead atoms. The van der Waals surface area contributed by atoms with Gasteiger partial charge in [-0.2, -0.15) is 5.10 Å². The molecule has 6 nitrogen and oxygen atoms in total. The van der Waals surface area contributed by atoms with Gasteiger partial charge in [0.05, 0.1) is 7.11 Å². The maximum absolute atomic E-state index is 13.0. The largest absolute Gasteiger partial charge is 0.497 e. The number of ether oxygens (including phenoxy) is 1. The highest BCUT2D eigenvalue weighted by Gasteiger charge is 2.28. The van der Waals surface area contributed by atoms with Crippen LogP contribution >= 0.6 is 0 Å². The van der Waals surface area contributed by atoms with Gasteiger partial charge in [0.2, 0.25) is 0 Å². The lowest BCUT2D eigenvalue weighted by Crippen LogP contribution is -2.39. The molecule has 3 aromatic rings. The first kappa shape index (κ1) is 21.1. The van der Waals surface area contributed by atoms with Crippen LogP contribution in [0.5, 0.6) is 5.75 Å². The number of nitrogens with one attached hydrogen (secondary N) is 1. The molecular weight excluding hydrogens is 388 g/mol. The van der Waals surface area contributed by atoms with Gasteiger partial charge in [-0.05, 0) is 67.1 Å². The van der Waals surface area contributed by atoms with E-state index >= 15 is 0 Å². The minimum atomic E-state index is -0.00381. The van der Waals surface area contributed by atoms with E-state index in [4.69, 9.17) is 9.72 Å². The molecule has 31 heavy (non-hydrogen) atoms. The van der Waals surface area contributed by atoms with Gasteiger partial charge in [0.25, 0.3) is 5.91 Å². The van der Waals surface area contributed by atoms with Crippen LogP contribution in [0.25, 0.3) is 11.1 Å². The fourth-order valence-corrected chi connectivity index (χ4v) is 4.16. The van der Waals surface area contributed by atoms with Gasteiger partial charge in [0, 0.05) is 36.1 Å². The van der Waals surface area contributed by atoms with E-state index in [1.54, 1.807) is 7.11 Å². The summed E-state index contributed by atoms with van der Waals surface area (Å²) in [4.78, 5) is 19.8. The molecule has 0 aliphatic carbocycles. The summed E-state index contributed by atoms with van der Waals surface area (Å²) in [6.45, 7) is 7.63. The zero-order valence-corrected chi connectivity index (χ0v) is 18.7. The Bertz CT molecular complexity index is 1060. The van der Waals surface area contributed by atoms with Crippen molar-refractivity contribution < 1.29 is 9.53 Å². The normalized spacial score (nSPS) is 16.5. The monoisotopic (exact) mass is 418 g/mol. The molecule has 1 aliphatic rings. The average Bonchev–Trinajstić information content (AvgIpc) is 3.29. The number of benzene rings is 1. The second-order valence-corrected chi connectivity index (χ2v) is 8.60. The summed E-state index contributed by atoms with van der Waals surface area (Å²) < 4.78 is 5.28. The molecule has 1 aromatic carbocycles. The lowest BCUT2D eigenvalue weighted by Gasteiger charge is -2.32. The lowest BCUT2D eigenvalue weighted by molar-refractivity contribution is 0.0700. The molecule has 0 spiro atoms. The predicted octanol–water partition coefficient (Wildman–Crippen LogP) is 4.93. The van der Waals surface area contributed by atoms with E-state index in [1.165, 1.54) is 0 Å². The first-order valence-corrected chi connectivity index (χ1v) is 10.9. The van der Waals surface area contributed by atoms with E-state index in [1.807, 2.05) is 30.0 Å². The topological polar surface area (TPSA) is 71.1 Å². The van der Waals surface area contributed by atoms with Crippen molar-refractivity contribution in [1.29, 1.82) is 0 Å².